The van der Waals surface area contributed by atoms with Crippen LogP contribution >= 0.6 is 11.8 Å². The van der Waals surface area contributed by atoms with E-state index in [4.69, 9.17) is 0 Å². The van der Waals surface area contributed by atoms with Gasteiger partial charge in [0.05, 0.1) is 5.56 Å². The highest BCUT2D eigenvalue weighted by atomic mass is 32.2. The SMILES string of the molecule is Cc1ccc(CSCCNC(=O)CCCN2C(=O)c3ccccc3S2(=O)=O)cc1. The highest BCUT2D eigenvalue weighted by Crippen LogP contribution is 2.29. The topological polar surface area (TPSA) is 83.6 Å². The van der Waals surface area contributed by atoms with Crippen LogP contribution in [0, 0.1) is 6.92 Å². The van der Waals surface area contributed by atoms with Crippen molar-refractivity contribution in [1.82, 2.24) is 9.62 Å². The van der Waals surface area contributed by atoms with Crippen molar-refractivity contribution in [3.05, 3.63) is 65.2 Å². The van der Waals surface area contributed by atoms with E-state index in [0.717, 1.165) is 15.8 Å². The summed E-state index contributed by atoms with van der Waals surface area (Å²) in [5, 5.41) is 2.84. The highest BCUT2D eigenvalue weighted by Gasteiger charge is 2.40. The molecule has 0 atom stereocenters. The van der Waals surface area contributed by atoms with Gasteiger partial charge in [0.1, 0.15) is 4.90 Å². The van der Waals surface area contributed by atoms with Crippen molar-refractivity contribution in [3.63, 3.8) is 0 Å². The number of fused-ring (bicyclic) bond motifs is 1. The van der Waals surface area contributed by atoms with Crippen LogP contribution in [0.4, 0.5) is 0 Å². The number of hydrogen-bond acceptors (Lipinski definition) is 5. The number of nitrogens with one attached hydrogen (secondary N) is 1. The van der Waals surface area contributed by atoms with E-state index < -0.39 is 15.9 Å². The number of thioether (sulfide) groups is 1. The number of rotatable bonds is 9. The monoisotopic (exact) mass is 432 g/mol. The van der Waals surface area contributed by atoms with Gasteiger partial charge in [0.15, 0.2) is 0 Å². The lowest BCUT2D eigenvalue weighted by molar-refractivity contribution is -0.121. The molecule has 0 aromatic heterocycles. The Morgan fingerprint density at radius 3 is 2.55 bits per heavy atom. The van der Waals surface area contributed by atoms with Crippen LogP contribution in [0.25, 0.3) is 0 Å². The summed E-state index contributed by atoms with van der Waals surface area (Å²) in [5.74, 6) is 1.04. The van der Waals surface area contributed by atoms with Crippen LogP contribution < -0.4 is 5.32 Å². The van der Waals surface area contributed by atoms with Crippen molar-refractivity contribution in [3.8, 4) is 0 Å². The minimum Gasteiger partial charge on any atom is -0.355 e. The largest absolute Gasteiger partial charge is 0.355 e. The summed E-state index contributed by atoms with van der Waals surface area (Å²) in [6.45, 7) is 2.62. The summed E-state index contributed by atoms with van der Waals surface area (Å²) in [6.07, 6.45) is 0.472. The van der Waals surface area contributed by atoms with Crippen LogP contribution in [0.15, 0.2) is 53.4 Å². The predicted molar refractivity (Wildman–Crippen MR) is 114 cm³/mol. The molecule has 3 rings (SSSR count). The molecule has 0 fully saturated rings. The summed E-state index contributed by atoms with van der Waals surface area (Å²) in [6, 6.07) is 14.6. The van der Waals surface area contributed by atoms with Gasteiger partial charge in [0, 0.05) is 31.0 Å². The molecule has 0 radical (unpaired) electrons. The summed E-state index contributed by atoms with van der Waals surface area (Å²) in [7, 11) is -3.80. The number of nitrogens with zero attached hydrogens (tertiary/aromatic N) is 1. The third kappa shape index (κ3) is 5.19. The van der Waals surface area contributed by atoms with E-state index in [0.29, 0.717) is 13.0 Å². The Kier molecular flexibility index (Phi) is 6.97. The molecule has 0 spiro atoms. The van der Waals surface area contributed by atoms with Crippen molar-refractivity contribution in [2.45, 2.75) is 30.4 Å². The van der Waals surface area contributed by atoms with Crippen LogP contribution in [0.3, 0.4) is 0 Å². The molecule has 29 heavy (non-hydrogen) atoms. The van der Waals surface area contributed by atoms with Gasteiger partial charge in [-0.25, -0.2) is 12.7 Å². The summed E-state index contributed by atoms with van der Waals surface area (Å²) < 4.78 is 25.8. The molecule has 0 unspecified atom stereocenters. The van der Waals surface area contributed by atoms with Crippen molar-refractivity contribution < 1.29 is 18.0 Å². The van der Waals surface area contributed by atoms with Gasteiger partial charge in [-0.1, -0.05) is 42.0 Å². The Balaban J connectivity index is 1.35. The van der Waals surface area contributed by atoms with E-state index in [9.17, 15) is 18.0 Å². The second kappa shape index (κ2) is 9.45. The normalized spacial score (nSPS) is 14.7. The second-order valence-corrected chi connectivity index (χ2v) is 9.81. The fraction of sp³-hybridized carbons (Fsp3) is 0.333. The molecule has 0 saturated heterocycles. The first-order valence-electron chi connectivity index (χ1n) is 9.45. The summed E-state index contributed by atoms with van der Waals surface area (Å²) >= 11 is 1.74. The quantitative estimate of drug-likeness (QED) is 0.616. The van der Waals surface area contributed by atoms with Crippen molar-refractivity contribution in [2.24, 2.45) is 0 Å². The van der Waals surface area contributed by atoms with E-state index >= 15 is 0 Å². The smallest absolute Gasteiger partial charge is 0.269 e. The lowest BCUT2D eigenvalue weighted by Gasteiger charge is -2.14. The molecule has 1 aliphatic rings. The van der Waals surface area contributed by atoms with Crippen LogP contribution in [0.1, 0.15) is 34.3 Å². The Labute approximate surface area is 175 Å². The third-order valence-corrected chi connectivity index (χ3v) is 7.51. The molecule has 2 aromatic rings. The molecule has 0 aliphatic carbocycles. The van der Waals surface area contributed by atoms with E-state index in [2.05, 4.69) is 36.5 Å². The van der Waals surface area contributed by atoms with E-state index in [-0.39, 0.29) is 29.3 Å². The molecule has 154 valence electrons. The van der Waals surface area contributed by atoms with Crippen LogP contribution in [-0.2, 0) is 20.6 Å². The number of hydrogen-bond donors (Lipinski definition) is 1. The molecule has 2 amide bonds. The fourth-order valence-electron chi connectivity index (χ4n) is 3.06. The Bertz CT molecular complexity index is 988. The highest BCUT2D eigenvalue weighted by molar-refractivity contribution is 7.98. The maximum atomic E-state index is 12.5. The van der Waals surface area contributed by atoms with Crippen molar-refractivity contribution in [2.75, 3.05) is 18.8 Å². The zero-order chi connectivity index (χ0) is 20.9. The second-order valence-electron chi connectivity index (χ2n) is 6.87. The van der Waals surface area contributed by atoms with Crippen molar-refractivity contribution in [1.29, 1.82) is 0 Å². The maximum absolute atomic E-state index is 12.5. The number of carbonyl (C=O) groups is 2. The maximum Gasteiger partial charge on any atom is 0.269 e. The molecule has 6 nitrogen and oxygen atoms in total. The van der Waals surface area contributed by atoms with Gasteiger partial charge in [-0.05, 0) is 31.0 Å². The fourth-order valence-corrected chi connectivity index (χ4v) is 5.49. The molecule has 1 aliphatic heterocycles. The van der Waals surface area contributed by atoms with Gasteiger partial charge >= 0.3 is 0 Å². The van der Waals surface area contributed by atoms with Crippen LogP contribution in [0.5, 0.6) is 0 Å². The van der Waals surface area contributed by atoms with Crippen molar-refractivity contribution >= 4 is 33.6 Å². The third-order valence-electron chi connectivity index (χ3n) is 4.63. The average Bonchev–Trinajstić information content (AvgIpc) is 2.90. The minimum atomic E-state index is -3.80. The molecule has 0 bridgehead atoms. The zero-order valence-corrected chi connectivity index (χ0v) is 17.9. The minimum absolute atomic E-state index is 0.00540. The van der Waals surface area contributed by atoms with Gasteiger partial charge in [-0.2, -0.15) is 11.8 Å². The zero-order valence-electron chi connectivity index (χ0n) is 16.3. The number of aryl methyl sites for hydroxylation is 1. The van der Waals surface area contributed by atoms with Gasteiger partial charge < -0.3 is 5.32 Å². The molecular formula is C21H24N2O4S2. The molecular weight excluding hydrogens is 408 g/mol. The first-order chi connectivity index (χ1) is 13.9. The average molecular weight is 433 g/mol. The number of amides is 2. The van der Waals surface area contributed by atoms with Gasteiger partial charge in [-0.3, -0.25) is 9.59 Å². The first kappa shape index (κ1) is 21.4. The first-order valence-corrected chi connectivity index (χ1v) is 12.0. The Hall–Kier alpha value is -2.32. The molecule has 0 saturated carbocycles. The van der Waals surface area contributed by atoms with Gasteiger partial charge in [0.25, 0.3) is 15.9 Å². The molecule has 1 heterocycles. The van der Waals surface area contributed by atoms with E-state index in [1.54, 1.807) is 23.9 Å². The number of sulfonamides is 1. The van der Waals surface area contributed by atoms with E-state index in [1.807, 2.05) is 0 Å². The molecule has 1 N–H and O–H groups in total. The van der Waals surface area contributed by atoms with Crippen LogP contribution in [0.2, 0.25) is 0 Å². The van der Waals surface area contributed by atoms with Crippen LogP contribution in [-0.4, -0.2) is 43.4 Å². The lowest BCUT2D eigenvalue weighted by atomic mass is 10.2. The van der Waals surface area contributed by atoms with E-state index in [1.165, 1.54) is 23.3 Å². The lowest BCUT2D eigenvalue weighted by Crippen LogP contribution is -2.32. The molecule has 8 heteroatoms. The summed E-state index contributed by atoms with van der Waals surface area (Å²) in [5.41, 5.74) is 2.69. The standard InChI is InChI=1S/C21H24N2O4S2/c1-16-8-10-17(11-9-16)15-28-14-12-22-20(24)7-4-13-23-21(25)18-5-2-3-6-19(18)29(23,26)27/h2-3,5-6,8-11H,4,7,12-15H2,1H3,(H,22,24). The molecule has 2 aromatic carbocycles. The van der Waals surface area contributed by atoms with Gasteiger partial charge in [0.2, 0.25) is 5.91 Å². The summed E-state index contributed by atoms with van der Waals surface area (Å²) in [4.78, 5) is 24.3. The number of benzene rings is 2. The number of carbonyl (C=O) groups excluding carboxylic acids is 2. The Morgan fingerprint density at radius 2 is 1.83 bits per heavy atom. The predicted octanol–water partition coefficient (Wildman–Crippen LogP) is 2.97. The Morgan fingerprint density at radius 1 is 1.10 bits per heavy atom. The van der Waals surface area contributed by atoms with Gasteiger partial charge in [-0.15, -0.1) is 0 Å².